The number of nitrogen functional groups attached to an aromatic ring is 1. The monoisotopic (exact) mass is 419 g/mol. The highest BCUT2D eigenvalue weighted by Crippen LogP contribution is 2.38. The Morgan fingerprint density at radius 2 is 1.93 bits per heavy atom. The molecule has 1 atom stereocenters. The van der Waals surface area contributed by atoms with Gasteiger partial charge in [-0.05, 0) is 24.2 Å². The molecule has 4 rings (SSSR count). The van der Waals surface area contributed by atoms with Gasteiger partial charge >= 0.3 is 0 Å². The maximum atomic E-state index is 6.72. The van der Waals surface area contributed by atoms with Crippen LogP contribution in [0.25, 0.3) is 21.9 Å². The van der Waals surface area contributed by atoms with Gasteiger partial charge in [-0.2, -0.15) is 0 Å². The Hall–Kier alpha value is -1.67. The minimum atomic E-state index is -1.86. The zero-order valence-corrected chi connectivity index (χ0v) is 19.1. The van der Waals surface area contributed by atoms with Crippen LogP contribution in [0.4, 0.5) is 5.82 Å². The lowest BCUT2D eigenvalue weighted by Gasteiger charge is -2.39. The Kier molecular flexibility index (Phi) is 5.48. The molecule has 1 aliphatic rings. The summed E-state index contributed by atoms with van der Waals surface area (Å²) in [5.41, 5.74) is 9.00. The molecule has 0 amide bonds. The summed E-state index contributed by atoms with van der Waals surface area (Å²) in [5.74, 6) is 1.49. The molecule has 6 nitrogen and oxygen atoms in total. The van der Waals surface area contributed by atoms with Crippen molar-refractivity contribution in [3.8, 4) is 0 Å². The van der Waals surface area contributed by atoms with Crippen LogP contribution >= 0.6 is 12.4 Å². The minimum Gasteiger partial charge on any atom is -0.411 e. The number of aromatic nitrogens is 3. The van der Waals surface area contributed by atoms with Gasteiger partial charge in [-0.15, -0.1) is 12.4 Å². The highest BCUT2D eigenvalue weighted by atomic mass is 35.5. The summed E-state index contributed by atoms with van der Waals surface area (Å²) >= 11 is 0. The van der Waals surface area contributed by atoms with Crippen molar-refractivity contribution in [2.75, 3.05) is 12.3 Å². The summed E-state index contributed by atoms with van der Waals surface area (Å²) in [7, 11) is -1.86. The SMILES string of the molecule is CC(C)(C)[Si](C)(C)OC1CNCc2nc3c(N)nc4ccccc4c3n2C1.Cl. The zero-order valence-electron chi connectivity index (χ0n) is 17.2. The molecular formula is C20H30ClN5OSi. The molecule has 3 N–H and O–H groups in total. The first kappa shape index (κ1) is 21.0. The van der Waals surface area contributed by atoms with Crippen LogP contribution < -0.4 is 11.1 Å². The molecule has 0 fully saturated rings. The van der Waals surface area contributed by atoms with Gasteiger partial charge in [-0.1, -0.05) is 39.0 Å². The van der Waals surface area contributed by atoms with E-state index in [-0.39, 0.29) is 23.5 Å². The molecule has 3 aromatic rings. The van der Waals surface area contributed by atoms with Gasteiger partial charge < -0.3 is 20.0 Å². The minimum absolute atomic E-state index is 0. The van der Waals surface area contributed by atoms with Gasteiger partial charge in [-0.3, -0.25) is 0 Å². The van der Waals surface area contributed by atoms with E-state index in [1.807, 2.05) is 18.2 Å². The van der Waals surface area contributed by atoms with Crippen LogP contribution in [0.5, 0.6) is 0 Å². The molecule has 152 valence electrons. The summed E-state index contributed by atoms with van der Waals surface area (Å²) in [6, 6.07) is 8.13. The number of hydrogen-bond acceptors (Lipinski definition) is 5. The third kappa shape index (κ3) is 3.52. The van der Waals surface area contributed by atoms with Gasteiger partial charge in [0.15, 0.2) is 14.1 Å². The molecule has 0 spiro atoms. The number of nitrogens with zero attached hydrogens (tertiary/aromatic N) is 3. The van der Waals surface area contributed by atoms with Crippen molar-refractivity contribution in [1.29, 1.82) is 0 Å². The van der Waals surface area contributed by atoms with Crippen LogP contribution in [0.3, 0.4) is 0 Å². The first-order valence-electron chi connectivity index (χ1n) is 9.59. The van der Waals surface area contributed by atoms with Gasteiger partial charge in [0.05, 0.1) is 30.2 Å². The summed E-state index contributed by atoms with van der Waals surface area (Å²) in [6.07, 6.45) is 0.109. The fourth-order valence-electron chi connectivity index (χ4n) is 3.52. The number of nitrogens with two attached hydrogens (primary N) is 1. The number of hydrogen-bond donors (Lipinski definition) is 2. The molecular weight excluding hydrogens is 390 g/mol. The number of rotatable bonds is 2. The molecule has 2 aromatic heterocycles. The largest absolute Gasteiger partial charge is 0.411 e. The Morgan fingerprint density at radius 3 is 2.64 bits per heavy atom. The topological polar surface area (TPSA) is 78.0 Å². The average Bonchev–Trinajstić information content (AvgIpc) is 2.82. The Balaban J connectivity index is 0.00000225. The van der Waals surface area contributed by atoms with E-state index >= 15 is 0 Å². The second kappa shape index (κ2) is 7.30. The summed E-state index contributed by atoms with van der Waals surface area (Å²) in [4.78, 5) is 9.35. The second-order valence-electron chi connectivity index (χ2n) is 8.98. The van der Waals surface area contributed by atoms with Crippen LogP contribution in [-0.4, -0.2) is 35.5 Å². The third-order valence-corrected chi connectivity index (χ3v) is 10.5. The Labute approximate surface area is 173 Å². The van der Waals surface area contributed by atoms with Crippen LogP contribution in [0.2, 0.25) is 18.1 Å². The highest BCUT2D eigenvalue weighted by Gasteiger charge is 2.39. The van der Waals surface area contributed by atoms with Gasteiger partial charge in [0.2, 0.25) is 0 Å². The van der Waals surface area contributed by atoms with Gasteiger partial charge in [0, 0.05) is 11.9 Å². The first-order valence-corrected chi connectivity index (χ1v) is 12.5. The predicted molar refractivity (Wildman–Crippen MR) is 120 cm³/mol. The summed E-state index contributed by atoms with van der Waals surface area (Å²) in [6.45, 7) is 13.8. The molecule has 0 saturated heterocycles. The second-order valence-corrected chi connectivity index (χ2v) is 13.7. The van der Waals surface area contributed by atoms with Crippen molar-refractivity contribution in [3.63, 3.8) is 0 Å². The molecule has 1 unspecified atom stereocenters. The number of halogens is 1. The van der Waals surface area contributed by atoms with E-state index in [9.17, 15) is 0 Å². The van der Waals surface area contributed by atoms with Crippen LogP contribution in [0, 0.1) is 0 Å². The lowest BCUT2D eigenvalue weighted by molar-refractivity contribution is 0.165. The highest BCUT2D eigenvalue weighted by molar-refractivity contribution is 6.74. The van der Waals surface area contributed by atoms with Crippen molar-refractivity contribution in [2.45, 2.75) is 58.1 Å². The third-order valence-electron chi connectivity index (χ3n) is 6.00. The number of nitrogens with one attached hydrogen (secondary N) is 1. The number of benzene rings is 1. The number of fused-ring (bicyclic) bond motifs is 5. The first-order chi connectivity index (χ1) is 12.7. The van der Waals surface area contributed by atoms with Gasteiger partial charge in [0.1, 0.15) is 11.3 Å². The number of para-hydroxylation sites is 1. The normalized spacial score (nSPS) is 18.0. The van der Waals surface area contributed by atoms with Crippen molar-refractivity contribution in [2.24, 2.45) is 0 Å². The molecule has 8 heteroatoms. The van der Waals surface area contributed by atoms with Crippen LogP contribution in [0.15, 0.2) is 24.3 Å². The Bertz CT molecular complexity index is 1010. The van der Waals surface area contributed by atoms with Crippen LogP contribution in [0.1, 0.15) is 26.6 Å². The number of imidazole rings is 1. The fourth-order valence-corrected chi connectivity index (χ4v) is 4.87. The standard InChI is InChI=1S/C20H29N5OSi.ClH/c1-20(2,3)27(4,5)26-13-10-22-11-16-24-17-18(25(16)12-13)14-8-6-7-9-15(14)23-19(17)21;/h6-9,13,22H,10-12H2,1-5H3,(H2,21,23);1H. The lowest BCUT2D eigenvalue weighted by Crippen LogP contribution is -2.46. The van der Waals surface area contributed by atoms with E-state index in [4.69, 9.17) is 15.1 Å². The molecule has 0 aliphatic carbocycles. The average molecular weight is 420 g/mol. The molecule has 1 aliphatic heterocycles. The molecule has 28 heavy (non-hydrogen) atoms. The maximum Gasteiger partial charge on any atom is 0.192 e. The van der Waals surface area contributed by atoms with Gasteiger partial charge in [-0.25, -0.2) is 9.97 Å². The number of pyridine rings is 1. The van der Waals surface area contributed by atoms with Crippen molar-refractivity contribution in [1.82, 2.24) is 19.9 Å². The number of anilines is 1. The van der Waals surface area contributed by atoms with E-state index in [0.717, 1.165) is 40.9 Å². The molecule has 0 saturated carbocycles. The van der Waals surface area contributed by atoms with E-state index in [1.54, 1.807) is 0 Å². The summed E-state index contributed by atoms with van der Waals surface area (Å²) in [5, 5.41) is 4.78. The molecule has 3 heterocycles. The lowest BCUT2D eigenvalue weighted by atomic mass is 10.2. The molecule has 0 radical (unpaired) electrons. The predicted octanol–water partition coefficient (Wildman–Crippen LogP) is 4.08. The molecule has 0 bridgehead atoms. The van der Waals surface area contributed by atoms with E-state index < -0.39 is 8.32 Å². The van der Waals surface area contributed by atoms with E-state index in [0.29, 0.717) is 12.4 Å². The smallest absolute Gasteiger partial charge is 0.192 e. The Morgan fingerprint density at radius 1 is 1.21 bits per heavy atom. The fraction of sp³-hybridized carbons (Fsp3) is 0.500. The van der Waals surface area contributed by atoms with Gasteiger partial charge in [0.25, 0.3) is 0 Å². The molecule has 1 aromatic carbocycles. The van der Waals surface area contributed by atoms with Crippen molar-refractivity contribution in [3.05, 3.63) is 30.1 Å². The quantitative estimate of drug-likeness (QED) is 0.612. The zero-order chi connectivity index (χ0) is 19.4. The van der Waals surface area contributed by atoms with Crippen molar-refractivity contribution < 1.29 is 4.43 Å². The van der Waals surface area contributed by atoms with E-state index in [2.05, 4.69) is 54.8 Å². The van der Waals surface area contributed by atoms with E-state index in [1.165, 1.54) is 0 Å². The summed E-state index contributed by atoms with van der Waals surface area (Å²) < 4.78 is 9.01. The van der Waals surface area contributed by atoms with Crippen LogP contribution in [-0.2, 0) is 17.5 Å². The van der Waals surface area contributed by atoms with Crippen molar-refractivity contribution >= 4 is 48.5 Å². The maximum absolute atomic E-state index is 6.72.